The molecule has 2 heterocycles. The van der Waals surface area contributed by atoms with E-state index in [0.717, 1.165) is 19.5 Å². The lowest BCUT2D eigenvalue weighted by atomic mass is 9.88. The molecule has 1 aliphatic heterocycles. The molecule has 3 N–H and O–H groups in total. The van der Waals surface area contributed by atoms with Crippen molar-refractivity contribution in [2.75, 3.05) is 13.1 Å². The number of hydrogen-bond donors (Lipinski definition) is 2. The summed E-state index contributed by atoms with van der Waals surface area (Å²) in [6.45, 7) is 8.44. The Labute approximate surface area is 97.2 Å². The van der Waals surface area contributed by atoms with Crippen LogP contribution < -0.4 is 11.1 Å². The summed E-state index contributed by atoms with van der Waals surface area (Å²) < 4.78 is 2.02. The monoisotopic (exact) mass is 222 g/mol. The van der Waals surface area contributed by atoms with Gasteiger partial charge >= 0.3 is 0 Å². The van der Waals surface area contributed by atoms with Crippen LogP contribution >= 0.6 is 0 Å². The lowest BCUT2D eigenvalue weighted by Crippen LogP contribution is -2.44. The van der Waals surface area contributed by atoms with Crippen molar-refractivity contribution < 1.29 is 0 Å². The van der Waals surface area contributed by atoms with Crippen LogP contribution in [0.3, 0.4) is 0 Å². The van der Waals surface area contributed by atoms with Crippen LogP contribution in [0.15, 0.2) is 12.4 Å². The number of nitrogens with zero attached hydrogens (tertiary/aromatic N) is 2. The molecule has 1 aliphatic rings. The van der Waals surface area contributed by atoms with Gasteiger partial charge in [0.25, 0.3) is 0 Å². The molecule has 1 aromatic heterocycles. The largest absolute Gasteiger partial charge is 0.326 e. The van der Waals surface area contributed by atoms with Gasteiger partial charge in [0, 0.05) is 24.7 Å². The fraction of sp³-hybridized carbons (Fsp3) is 0.750. The van der Waals surface area contributed by atoms with Gasteiger partial charge < -0.3 is 11.1 Å². The zero-order valence-corrected chi connectivity index (χ0v) is 10.4. The minimum atomic E-state index is 0.0509. The van der Waals surface area contributed by atoms with E-state index in [0.29, 0.717) is 5.92 Å². The van der Waals surface area contributed by atoms with E-state index in [1.807, 2.05) is 10.9 Å². The summed E-state index contributed by atoms with van der Waals surface area (Å²) in [5.41, 5.74) is 7.46. The summed E-state index contributed by atoms with van der Waals surface area (Å²) in [5.74, 6) is 0.456. The van der Waals surface area contributed by atoms with Crippen LogP contribution in [0.1, 0.15) is 38.7 Å². The van der Waals surface area contributed by atoms with E-state index >= 15 is 0 Å². The summed E-state index contributed by atoms with van der Waals surface area (Å²) in [4.78, 5) is 0. The Morgan fingerprint density at radius 3 is 2.81 bits per heavy atom. The highest BCUT2D eigenvalue weighted by Crippen LogP contribution is 2.25. The predicted molar refractivity (Wildman–Crippen MR) is 65.4 cm³/mol. The molecule has 90 valence electrons. The summed E-state index contributed by atoms with van der Waals surface area (Å²) in [6.07, 6.45) is 5.23. The van der Waals surface area contributed by atoms with E-state index in [1.54, 1.807) is 0 Å². The van der Waals surface area contributed by atoms with Crippen molar-refractivity contribution in [3.8, 4) is 0 Å². The molecule has 0 aromatic carbocycles. The maximum atomic E-state index is 6.13. The third-order valence-corrected chi connectivity index (χ3v) is 3.25. The van der Waals surface area contributed by atoms with E-state index < -0.39 is 0 Å². The van der Waals surface area contributed by atoms with Gasteiger partial charge in [0.15, 0.2) is 0 Å². The van der Waals surface area contributed by atoms with Gasteiger partial charge in [-0.15, -0.1) is 0 Å². The quantitative estimate of drug-likeness (QED) is 0.746. The molecule has 4 heteroatoms. The summed E-state index contributed by atoms with van der Waals surface area (Å²) in [6, 6.07) is 0.214. The van der Waals surface area contributed by atoms with Crippen LogP contribution in [-0.2, 0) is 5.54 Å². The molecule has 2 atom stereocenters. The van der Waals surface area contributed by atoms with Gasteiger partial charge in [0.2, 0.25) is 0 Å². The lowest BCUT2D eigenvalue weighted by Gasteiger charge is -2.28. The molecule has 0 radical (unpaired) electrons. The fourth-order valence-corrected chi connectivity index (χ4v) is 2.19. The Balaban J connectivity index is 2.18. The maximum Gasteiger partial charge on any atom is 0.0543 e. The highest BCUT2D eigenvalue weighted by atomic mass is 15.3. The van der Waals surface area contributed by atoms with Crippen LogP contribution in [0, 0.1) is 0 Å². The molecule has 1 fully saturated rings. The number of aromatic nitrogens is 2. The molecule has 2 unspecified atom stereocenters. The smallest absolute Gasteiger partial charge is 0.0543 e. The van der Waals surface area contributed by atoms with Crippen molar-refractivity contribution in [2.45, 2.75) is 44.7 Å². The molecule has 0 aliphatic carbocycles. The second-order valence-corrected chi connectivity index (χ2v) is 5.65. The van der Waals surface area contributed by atoms with E-state index in [1.165, 1.54) is 5.56 Å². The number of nitrogens with one attached hydrogen (secondary N) is 1. The van der Waals surface area contributed by atoms with E-state index in [9.17, 15) is 0 Å². The normalized spacial score (nSPS) is 27.0. The average Bonchev–Trinajstić information content (AvgIpc) is 2.66. The topological polar surface area (TPSA) is 55.9 Å². The molecule has 0 spiro atoms. The SMILES string of the molecule is CC(C)(C)n1cc(C2CCNCC2N)cn1. The first-order valence-corrected chi connectivity index (χ1v) is 6.00. The third-order valence-electron chi connectivity index (χ3n) is 3.25. The van der Waals surface area contributed by atoms with Crippen molar-refractivity contribution in [1.82, 2.24) is 15.1 Å². The van der Waals surface area contributed by atoms with Crippen molar-refractivity contribution in [1.29, 1.82) is 0 Å². The van der Waals surface area contributed by atoms with Crippen molar-refractivity contribution >= 4 is 0 Å². The molecule has 16 heavy (non-hydrogen) atoms. The van der Waals surface area contributed by atoms with Crippen LogP contribution in [-0.4, -0.2) is 28.9 Å². The molecule has 0 bridgehead atoms. The second-order valence-electron chi connectivity index (χ2n) is 5.65. The van der Waals surface area contributed by atoms with Crippen molar-refractivity contribution in [3.63, 3.8) is 0 Å². The Bertz CT molecular complexity index is 350. The van der Waals surface area contributed by atoms with Gasteiger partial charge in [-0.3, -0.25) is 4.68 Å². The Hall–Kier alpha value is -0.870. The Kier molecular flexibility index (Phi) is 3.04. The third kappa shape index (κ3) is 2.28. The van der Waals surface area contributed by atoms with Gasteiger partial charge in [-0.25, -0.2) is 0 Å². The van der Waals surface area contributed by atoms with Gasteiger partial charge in [-0.2, -0.15) is 5.10 Å². The van der Waals surface area contributed by atoms with Gasteiger partial charge in [-0.1, -0.05) is 0 Å². The summed E-state index contributed by atoms with van der Waals surface area (Å²) >= 11 is 0. The van der Waals surface area contributed by atoms with E-state index in [-0.39, 0.29) is 11.6 Å². The van der Waals surface area contributed by atoms with Gasteiger partial charge in [0.05, 0.1) is 11.7 Å². The minimum Gasteiger partial charge on any atom is -0.326 e. The maximum absolute atomic E-state index is 6.13. The number of hydrogen-bond acceptors (Lipinski definition) is 3. The second kappa shape index (κ2) is 4.18. The number of piperidine rings is 1. The summed E-state index contributed by atoms with van der Waals surface area (Å²) in [5, 5.41) is 7.76. The zero-order valence-electron chi connectivity index (χ0n) is 10.4. The van der Waals surface area contributed by atoms with Crippen LogP contribution in [0.2, 0.25) is 0 Å². The van der Waals surface area contributed by atoms with Crippen LogP contribution in [0.5, 0.6) is 0 Å². The summed E-state index contributed by atoms with van der Waals surface area (Å²) in [7, 11) is 0. The zero-order chi connectivity index (χ0) is 11.8. The molecular weight excluding hydrogens is 200 g/mol. The van der Waals surface area contributed by atoms with E-state index in [4.69, 9.17) is 5.73 Å². The Morgan fingerprint density at radius 1 is 1.50 bits per heavy atom. The molecule has 0 amide bonds. The molecular formula is C12H22N4. The Morgan fingerprint density at radius 2 is 2.25 bits per heavy atom. The van der Waals surface area contributed by atoms with Crippen molar-refractivity contribution in [3.05, 3.63) is 18.0 Å². The lowest BCUT2D eigenvalue weighted by molar-refractivity contribution is 0.353. The minimum absolute atomic E-state index is 0.0509. The first kappa shape index (κ1) is 11.6. The van der Waals surface area contributed by atoms with Gasteiger partial charge in [0.1, 0.15) is 0 Å². The van der Waals surface area contributed by atoms with Gasteiger partial charge in [-0.05, 0) is 39.3 Å². The predicted octanol–water partition coefficient (Wildman–Crippen LogP) is 1.04. The molecule has 4 nitrogen and oxygen atoms in total. The highest BCUT2D eigenvalue weighted by molar-refractivity contribution is 5.16. The first-order valence-electron chi connectivity index (χ1n) is 6.00. The average molecular weight is 222 g/mol. The molecule has 1 saturated heterocycles. The van der Waals surface area contributed by atoms with Crippen molar-refractivity contribution in [2.24, 2.45) is 5.73 Å². The molecule has 1 aromatic rings. The fourth-order valence-electron chi connectivity index (χ4n) is 2.19. The standard InChI is InChI=1S/C12H22N4/c1-12(2,3)16-8-9(6-15-16)10-4-5-14-7-11(10)13/h6,8,10-11,14H,4-5,7,13H2,1-3H3. The number of rotatable bonds is 1. The molecule has 2 rings (SSSR count). The van der Waals surface area contributed by atoms with E-state index in [2.05, 4.69) is 37.4 Å². The number of nitrogens with two attached hydrogens (primary N) is 1. The first-order chi connectivity index (χ1) is 7.48. The highest BCUT2D eigenvalue weighted by Gasteiger charge is 2.25. The van der Waals surface area contributed by atoms with Crippen LogP contribution in [0.4, 0.5) is 0 Å². The van der Waals surface area contributed by atoms with Crippen LogP contribution in [0.25, 0.3) is 0 Å². The molecule has 0 saturated carbocycles.